The number of amides is 1. The van der Waals surface area contributed by atoms with Crippen LogP contribution in [0, 0.1) is 0 Å². The maximum Gasteiger partial charge on any atom is 0.422 e. The lowest BCUT2D eigenvalue weighted by molar-refractivity contribution is -0.125. The van der Waals surface area contributed by atoms with Crippen molar-refractivity contribution < 1.29 is 14.7 Å². The summed E-state index contributed by atoms with van der Waals surface area (Å²) >= 11 is 0. The molecule has 0 aromatic carbocycles. The van der Waals surface area contributed by atoms with E-state index in [1.54, 1.807) is 5.01 Å². The van der Waals surface area contributed by atoms with Gasteiger partial charge in [0.1, 0.15) is 12.3 Å². The highest BCUT2D eigenvalue weighted by atomic mass is 16.4. The Morgan fingerprint density at radius 2 is 2.29 bits per heavy atom. The van der Waals surface area contributed by atoms with Gasteiger partial charge in [-0.05, 0) is 12.8 Å². The molecule has 14 heavy (non-hydrogen) atoms. The smallest absolute Gasteiger partial charge is 0.422 e. The van der Waals surface area contributed by atoms with E-state index in [1.807, 2.05) is 6.92 Å². The highest BCUT2D eigenvalue weighted by Gasteiger charge is 2.31. The van der Waals surface area contributed by atoms with E-state index >= 15 is 0 Å². The Bertz CT molecular complexity index is 216. The summed E-state index contributed by atoms with van der Waals surface area (Å²) < 4.78 is 0. The monoisotopic (exact) mass is 200 g/mol. The summed E-state index contributed by atoms with van der Waals surface area (Å²) in [6, 6.07) is -0.516. The molecule has 1 heterocycles. The Morgan fingerprint density at radius 1 is 1.64 bits per heavy atom. The van der Waals surface area contributed by atoms with Crippen LogP contribution in [-0.2, 0) is 4.79 Å². The maximum absolute atomic E-state index is 10.9. The molecule has 1 unspecified atom stereocenters. The molecule has 5 heteroatoms. The van der Waals surface area contributed by atoms with Crippen molar-refractivity contribution in [2.24, 2.45) is 0 Å². The molecule has 0 spiro atoms. The molecule has 0 aliphatic carbocycles. The molecule has 1 saturated heterocycles. The number of aldehydes is 1. The number of carbonyl (C=O) groups excluding carboxylic acids is 1. The van der Waals surface area contributed by atoms with Gasteiger partial charge in [-0.2, -0.15) is 0 Å². The highest BCUT2D eigenvalue weighted by Crippen LogP contribution is 2.15. The van der Waals surface area contributed by atoms with Crippen LogP contribution in [0.15, 0.2) is 0 Å². The first-order chi connectivity index (χ1) is 6.70. The lowest BCUT2D eigenvalue weighted by Crippen LogP contribution is -2.57. The van der Waals surface area contributed by atoms with E-state index < -0.39 is 12.1 Å². The first kappa shape index (κ1) is 11.0. The van der Waals surface area contributed by atoms with Gasteiger partial charge in [-0.25, -0.2) is 14.8 Å². The lowest BCUT2D eigenvalue weighted by atomic mass is 10.1. The molecule has 0 aromatic rings. The van der Waals surface area contributed by atoms with Crippen LogP contribution in [0.5, 0.6) is 0 Å². The van der Waals surface area contributed by atoms with E-state index in [4.69, 9.17) is 5.11 Å². The Hall–Kier alpha value is -1.10. The predicted molar refractivity (Wildman–Crippen MR) is 50.8 cm³/mol. The van der Waals surface area contributed by atoms with Crippen LogP contribution in [0.4, 0.5) is 4.79 Å². The molecule has 1 aliphatic heterocycles. The first-order valence-corrected chi connectivity index (χ1v) is 4.93. The summed E-state index contributed by atoms with van der Waals surface area (Å²) in [7, 11) is 0. The van der Waals surface area contributed by atoms with Crippen LogP contribution in [-0.4, -0.2) is 46.6 Å². The Kier molecular flexibility index (Phi) is 3.88. The van der Waals surface area contributed by atoms with E-state index in [-0.39, 0.29) is 0 Å². The minimum absolute atomic E-state index is 0.516. The van der Waals surface area contributed by atoms with Crippen LogP contribution in [0.25, 0.3) is 0 Å². The van der Waals surface area contributed by atoms with Crippen LogP contribution in [0.3, 0.4) is 0 Å². The first-order valence-electron chi connectivity index (χ1n) is 4.93. The number of nitrogens with zero attached hydrogens (tertiary/aromatic N) is 2. The number of rotatable bonds is 5. The van der Waals surface area contributed by atoms with Gasteiger partial charge in [0.05, 0.1) is 0 Å². The maximum atomic E-state index is 10.9. The number of carbonyl (C=O) groups is 2. The standard InChI is InChI=1S/C9H16N2O3/c1-2-4-8(7-12)11(9(13)14)10-5-3-6-10/h7-8H,2-6H2,1H3,(H,13,14). The van der Waals surface area contributed by atoms with Gasteiger partial charge in [-0.1, -0.05) is 13.3 Å². The predicted octanol–water partition coefficient (Wildman–Crippen LogP) is 0.955. The number of hydrogen-bond acceptors (Lipinski definition) is 3. The SMILES string of the molecule is CCCC(C=O)N(C(=O)O)N1CCC1. The van der Waals surface area contributed by atoms with Gasteiger partial charge in [0.15, 0.2) is 0 Å². The summed E-state index contributed by atoms with van der Waals surface area (Å²) in [5.74, 6) is 0. The fourth-order valence-electron chi connectivity index (χ4n) is 1.53. The topological polar surface area (TPSA) is 60.9 Å². The van der Waals surface area contributed by atoms with Crippen molar-refractivity contribution >= 4 is 12.4 Å². The lowest BCUT2D eigenvalue weighted by Gasteiger charge is -2.41. The third-order valence-corrected chi connectivity index (χ3v) is 2.39. The average Bonchev–Trinajstić information content (AvgIpc) is 2.07. The van der Waals surface area contributed by atoms with Crippen molar-refractivity contribution in [3.8, 4) is 0 Å². The highest BCUT2D eigenvalue weighted by molar-refractivity contribution is 5.71. The second-order valence-electron chi connectivity index (χ2n) is 3.43. The van der Waals surface area contributed by atoms with Crippen LogP contribution < -0.4 is 0 Å². The van der Waals surface area contributed by atoms with Gasteiger partial charge < -0.3 is 9.90 Å². The van der Waals surface area contributed by atoms with Crippen molar-refractivity contribution in [3.05, 3.63) is 0 Å². The van der Waals surface area contributed by atoms with E-state index in [9.17, 15) is 9.59 Å². The molecule has 1 N–H and O–H groups in total. The largest absolute Gasteiger partial charge is 0.464 e. The molecule has 80 valence electrons. The third kappa shape index (κ3) is 2.23. The fraction of sp³-hybridized carbons (Fsp3) is 0.778. The molecular weight excluding hydrogens is 184 g/mol. The van der Waals surface area contributed by atoms with Crippen molar-refractivity contribution in [1.82, 2.24) is 10.0 Å². The van der Waals surface area contributed by atoms with E-state index in [0.29, 0.717) is 6.42 Å². The molecule has 0 saturated carbocycles. The number of hydrazine groups is 1. The van der Waals surface area contributed by atoms with Gasteiger partial charge in [0, 0.05) is 13.1 Å². The van der Waals surface area contributed by atoms with Crippen molar-refractivity contribution in [2.45, 2.75) is 32.2 Å². The van der Waals surface area contributed by atoms with E-state index in [0.717, 1.165) is 32.2 Å². The molecule has 0 bridgehead atoms. The van der Waals surface area contributed by atoms with Crippen molar-refractivity contribution in [3.63, 3.8) is 0 Å². The second-order valence-corrected chi connectivity index (χ2v) is 3.43. The van der Waals surface area contributed by atoms with Gasteiger partial charge in [-0.15, -0.1) is 0 Å². The van der Waals surface area contributed by atoms with Gasteiger partial charge >= 0.3 is 6.09 Å². The summed E-state index contributed by atoms with van der Waals surface area (Å²) in [4.78, 5) is 21.7. The summed E-state index contributed by atoms with van der Waals surface area (Å²) in [6.07, 6.45) is 2.08. The average molecular weight is 200 g/mol. The molecule has 0 radical (unpaired) electrons. The summed E-state index contributed by atoms with van der Waals surface area (Å²) in [6.45, 7) is 3.41. The molecule has 1 amide bonds. The normalized spacial score (nSPS) is 18.4. The molecule has 5 nitrogen and oxygen atoms in total. The summed E-state index contributed by atoms with van der Waals surface area (Å²) in [5, 5.41) is 11.8. The molecular formula is C9H16N2O3. The minimum atomic E-state index is -1.03. The van der Waals surface area contributed by atoms with Gasteiger partial charge in [0.2, 0.25) is 0 Å². The van der Waals surface area contributed by atoms with Crippen LogP contribution >= 0.6 is 0 Å². The van der Waals surface area contributed by atoms with Gasteiger partial charge in [0.25, 0.3) is 0 Å². The number of carboxylic acid groups (broad SMARTS) is 1. The van der Waals surface area contributed by atoms with Crippen LogP contribution in [0.2, 0.25) is 0 Å². The van der Waals surface area contributed by atoms with E-state index in [1.165, 1.54) is 5.01 Å². The molecule has 1 aliphatic rings. The zero-order valence-electron chi connectivity index (χ0n) is 8.35. The van der Waals surface area contributed by atoms with Gasteiger partial charge in [-0.3, -0.25) is 0 Å². The molecule has 0 aromatic heterocycles. The summed E-state index contributed by atoms with van der Waals surface area (Å²) in [5.41, 5.74) is 0. The minimum Gasteiger partial charge on any atom is -0.464 e. The van der Waals surface area contributed by atoms with Crippen molar-refractivity contribution in [2.75, 3.05) is 13.1 Å². The Morgan fingerprint density at radius 3 is 2.57 bits per heavy atom. The quantitative estimate of drug-likeness (QED) is 0.671. The molecule has 1 fully saturated rings. The zero-order chi connectivity index (χ0) is 10.6. The van der Waals surface area contributed by atoms with Crippen LogP contribution in [0.1, 0.15) is 26.2 Å². The Labute approximate surface area is 83.3 Å². The molecule has 1 atom stereocenters. The molecule has 1 rings (SSSR count). The zero-order valence-corrected chi connectivity index (χ0v) is 8.35. The van der Waals surface area contributed by atoms with Crippen molar-refractivity contribution in [1.29, 1.82) is 0 Å². The Balaban J connectivity index is 2.62. The fourth-order valence-corrected chi connectivity index (χ4v) is 1.53. The number of hydrogen-bond donors (Lipinski definition) is 1. The second kappa shape index (κ2) is 4.95. The van der Waals surface area contributed by atoms with E-state index in [2.05, 4.69) is 0 Å². The third-order valence-electron chi connectivity index (χ3n) is 2.39.